The van der Waals surface area contributed by atoms with Gasteiger partial charge in [0.05, 0.1) is 19.3 Å². The summed E-state index contributed by atoms with van der Waals surface area (Å²) in [6, 6.07) is 0.720. The van der Waals surface area contributed by atoms with Gasteiger partial charge in [0.1, 0.15) is 0 Å². The minimum Gasteiger partial charge on any atom is -0.378 e. The van der Waals surface area contributed by atoms with E-state index in [1.165, 1.54) is 31.5 Å². The first-order valence-electron chi connectivity index (χ1n) is 4.53. The average molecular weight is 188 g/mol. The van der Waals surface area contributed by atoms with Crippen molar-refractivity contribution in [1.29, 1.82) is 0 Å². The van der Waals surface area contributed by atoms with E-state index in [0.717, 1.165) is 30.9 Å². The van der Waals surface area contributed by atoms with Crippen molar-refractivity contribution in [3.63, 3.8) is 0 Å². The summed E-state index contributed by atoms with van der Waals surface area (Å²) in [4.78, 5) is 2.55. The molecule has 0 aromatic carbocycles. The monoisotopic (exact) mass is 188 g/mol. The summed E-state index contributed by atoms with van der Waals surface area (Å²) in [6.07, 6.45) is 1.32. The molecule has 0 aromatic rings. The van der Waals surface area contributed by atoms with Crippen LogP contribution in [0.15, 0.2) is 0 Å². The summed E-state index contributed by atoms with van der Waals surface area (Å²) in [5.74, 6) is 1.94. The molecule has 0 aliphatic carbocycles. The number of ether oxygens (including phenoxy) is 1. The lowest BCUT2D eigenvalue weighted by atomic mass is 10.1. The molecule has 2 saturated heterocycles. The molecule has 0 radical (unpaired) electrons. The molecule has 70 valence electrons. The number of hydrogen-bond donors (Lipinski definition) is 1. The van der Waals surface area contributed by atoms with Gasteiger partial charge >= 0.3 is 0 Å². The average Bonchev–Trinajstić information content (AvgIpc) is 2.34. The van der Waals surface area contributed by atoms with E-state index in [9.17, 15) is 0 Å². The second kappa shape index (κ2) is 3.96. The minimum atomic E-state index is 0.720. The predicted octanol–water partition coefficient (Wildman–Crippen LogP) is 0.314. The van der Waals surface area contributed by atoms with Crippen LogP contribution in [0.25, 0.3) is 0 Å². The fourth-order valence-electron chi connectivity index (χ4n) is 1.90. The first kappa shape index (κ1) is 8.81. The highest BCUT2D eigenvalue weighted by molar-refractivity contribution is 7.97. The summed E-state index contributed by atoms with van der Waals surface area (Å²) in [5, 5.41) is 5.45. The largest absolute Gasteiger partial charge is 0.378 e. The van der Waals surface area contributed by atoms with Crippen LogP contribution < -0.4 is 5.14 Å². The Morgan fingerprint density at radius 2 is 2.33 bits per heavy atom. The molecule has 2 fully saturated rings. The molecule has 2 aliphatic heterocycles. The Balaban J connectivity index is 1.73. The molecule has 2 rings (SSSR count). The molecule has 0 spiro atoms. The van der Waals surface area contributed by atoms with Gasteiger partial charge in [0.2, 0.25) is 0 Å². The van der Waals surface area contributed by atoms with Gasteiger partial charge in [-0.15, -0.1) is 0 Å². The highest BCUT2D eigenvalue weighted by Gasteiger charge is 2.31. The number of hydrogen-bond acceptors (Lipinski definition) is 4. The van der Waals surface area contributed by atoms with Crippen LogP contribution in [0.1, 0.15) is 6.42 Å². The Kier molecular flexibility index (Phi) is 2.91. The van der Waals surface area contributed by atoms with Crippen molar-refractivity contribution in [3.05, 3.63) is 0 Å². The quantitative estimate of drug-likeness (QED) is 0.647. The second-order valence-corrected chi connectivity index (χ2v) is 4.34. The fraction of sp³-hybridized carbons (Fsp3) is 1.00. The molecule has 2 N–H and O–H groups in total. The van der Waals surface area contributed by atoms with E-state index in [2.05, 4.69) is 4.90 Å². The molecule has 4 heteroatoms. The van der Waals surface area contributed by atoms with E-state index in [-0.39, 0.29) is 0 Å². The number of likely N-dealkylation sites (tertiary alicyclic amines) is 1. The van der Waals surface area contributed by atoms with Gasteiger partial charge in [-0.3, -0.25) is 10.0 Å². The lowest BCUT2D eigenvalue weighted by molar-refractivity contribution is -0.0578. The van der Waals surface area contributed by atoms with Gasteiger partial charge in [0.25, 0.3) is 0 Å². The van der Waals surface area contributed by atoms with E-state index >= 15 is 0 Å². The number of nitrogens with two attached hydrogens (primary N) is 1. The second-order valence-electron chi connectivity index (χ2n) is 3.67. The molecule has 1 atom stereocenters. The Morgan fingerprint density at radius 1 is 1.50 bits per heavy atom. The van der Waals surface area contributed by atoms with Crippen LogP contribution in [0.3, 0.4) is 0 Å². The molecule has 2 heterocycles. The van der Waals surface area contributed by atoms with E-state index in [1.54, 1.807) is 0 Å². The molecule has 0 aromatic heterocycles. The van der Waals surface area contributed by atoms with Crippen LogP contribution >= 0.6 is 11.9 Å². The molecule has 1 unspecified atom stereocenters. The van der Waals surface area contributed by atoms with Gasteiger partial charge in [-0.2, -0.15) is 0 Å². The molecular formula is C8H16N2OS. The summed E-state index contributed by atoms with van der Waals surface area (Å²) in [7, 11) is 0. The zero-order valence-electron chi connectivity index (χ0n) is 7.24. The maximum absolute atomic E-state index is 5.45. The zero-order valence-corrected chi connectivity index (χ0v) is 8.05. The first-order valence-corrected chi connectivity index (χ1v) is 5.58. The van der Waals surface area contributed by atoms with Crippen molar-refractivity contribution in [2.75, 3.05) is 32.1 Å². The fourth-order valence-corrected chi connectivity index (χ4v) is 2.44. The molecule has 0 saturated carbocycles. The van der Waals surface area contributed by atoms with Gasteiger partial charge in [-0.25, -0.2) is 0 Å². The van der Waals surface area contributed by atoms with Gasteiger partial charge in [-0.05, 0) is 18.9 Å². The van der Waals surface area contributed by atoms with Crippen LogP contribution in [0, 0.1) is 5.92 Å². The van der Waals surface area contributed by atoms with E-state index in [4.69, 9.17) is 9.88 Å². The Morgan fingerprint density at radius 3 is 2.92 bits per heavy atom. The maximum Gasteiger partial charge on any atom is 0.0645 e. The van der Waals surface area contributed by atoms with Gasteiger partial charge < -0.3 is 4.74 Å². The van der Waals surface area contributed by atoms with Crippen molar-refractivity contribution in [3.8, 4) is 0 Å². The van der Waals surface area contributed by atoms with Crippen molar-refractivity contribution < 1.29 is 4.74 Å². The van der Waals surface area contributed by atoms with E-state index in [0.29, 0.717) is 0 Å². The number of rotatable bonds is 3. The van der Waals surface area contributed by atoms with Gasteiger partial charge in [-0.1, -0.05) is 11.9 Å². The van der Waals surface area contributed by atoms with E-state index in [1.807, 2.05) is 0 Å². The highest BCUT2D eigenvalue weighted by atomic mass is 32.2. The first-order chi connectivity index (χ1) is 5.90. The molecule has 3 nitrogen and oxygen atoms in total. The minimum absolute atomic E-state index is 0.720. The molecular weight excluding hydrogens is 172 g/mol. The van der Waals surface area contributed by atoms with E-state index < -0.39 is 0 Å². The third-order valence-electron chi connectivity index (χ3n) is 2.79. The van der Waals surface area contributed by atoms with Crippen molar-refractivity contribution in [2.24, 2.45) is 11.1 Å². The summed E-state index contributed by atoms with van der Waals surface area (Å²) in [6.45, 7) is 4.38. The van der Waals surface area contributed by atoms with Crippen LogP contribution in [-0.2, 0) is 4.74 Å². The summed E-state index contributed by atoms with van der Waals surface area (Å²) in [5.41, 5.74) is 0. The topological polar surface area (TPSA) is 38.5 Å². The van der Waals surface area contributed by atoms with Gasteiger partial charge in [0, 0.05) is 12.3 Å². The summed E-state index contributed by atoms with van der Waals surface area (Å²) < 4.78 is 5.17. The predicted molar refractivity (Wildman–Crippen MR) is 50.9 cm³/mol. The zero-order chi connectivity index (χ0) is 8.39. The van der Waals surface area contributed by atoms with Crippen molar-refractivity contribution >= 4 is 11.9 Å². The maximum atomic E-state index is 5.45. The van der Waals surface area contributed by atoms with Crippen LogP contribution in [0.5, 0.6) is 0 Å². The lowest BCUT2D eigenvalue weighted by Gasteiger charge is -2.34. The summed E-state index contributed by atoms with van der Waals surface area (Å²) >= 11 is 1.48. The standard InChI is InChI=1S/C8H16N2OS/c9-12-6-7-1-2-10(3-7)8-4-11-5-8/h7-8H,1-6,9H2. The Hall–Kier alpha value is 0.230. The molecule has 0 bridgehead atoms. The van der Waals surface area contributed by atoms with Crippen LogP contribution in [0.4, 0.5) is 0 Å². The van der Waals surface area contributed by atoms with Gasteiger partial charge in [0.15, 0.2) is 0 Å². The highest BCUT2D eigenvalue weighted by Crippen LogP contribution is 2.23. The number of nitrogens with zero attached hydrogens (tertiary/aromatic N) is 1. The molecule has 12 heavy (non-hydrogen) atoms. The normalized spacial score (nSPS) is 32.2. The van der Waals surface area contributed by atoms with Crippen LogP contribution in [0.2, 0.25) is 0 Å². The Bertz CT molecular complexity index is 152. The van der Waals surface area contributed by atoms with Crippen molar-refractivity contribution in [1.82, 2.24) is 4.90 Å². The van der Waals surface area contributed by atoms with Crippen LogP contribution in [-0.4, -0.2) is 43.0 Å². The van der Waals surface area contributed by atoms with Crippen molar-refractivity contribution in [2.45, 2.75) is 12.5 Å². The molecule has 2 aliphatic rings. The SMILES string of the molecule is NSCC1CCN(C2COC2)C1. The molecule has 0 amide bonds. The lowest BCUT2D eigenvalue weighted by Crippen LogP contribution is -2.47. The third-order valence-corrected chi connectivity index (χ3v) is 3.45. The smallest absolute Gasteiger partial charge is 0.0645 e. The Labute approximate surface area is 77.8 Å². The third kappa shape index (κ3) is 1.76.